The molecule has 2 fully saturated rings. The van der Waals surface area contributed by atoms with E-state index in [1.54, 1.807) is 33.0 Å². The van der Waals surface area contributed by atoms with Gasteiger partial charge in [0.2, 0.25) is 10.0 Å². The molecule has 0 amide bonds. The number of halogens is 5. The molecule has 4 nitrogen and oxygen atoms in total. The molecule has 10 heteroatoms. The van der Waals surface area contributed by atoms with Crippen LogP contribution in [0.3, 0.4) is 0 Å². The maximum absolute atomic E-state index is 13.2. The van der Waals surface area contributed by atoms with Gasteiger partial charge in [-0.1, -0.05) is 11.6 Å². The van der Waals surface area contributed by atoms with Crippen molar-refractivity contribution in [2.45, 2.75) is 69.1 Å². The monoisotopic (exact) mass is 488 g/mol. The number of hydrogen-bond acceptors (Lipinski definition) is 3. The maximum atomic E-state index is 13.2. The van der Waals surface area contributed by atoms with E-state index in [9.17, 15) is 21.6 Å². The van der Waals surface area contributed by atoms with Crippen molar-refractivity contribution in [2.75, 3.05) is 20.1 Å². The van der Waals surface area contributed by atoms with Gasteiger partial charge in [-0.2, -0.15) is 17.5 Å². The topological polar surface area (TPSA) is 40.6 Å². The maximum Gasteiger partial charge on any atom is 0.391 e. The van der Waals surface area contributed by atoms with Crippen LogP contribution in [-0.4, -0.2) is 56.0 Å². The molecule has 0 bridgehead atoms. The summed E-state index contributed by atoms with van der Waals surface area (Å²) in [4.78, 5) is 2.37. The first kappa shape index (κ1) is 25.7. The molecular formula is C20H29Cl2F3N2O2S. The smallest absolute Gasteiger partial charge is 0.300 e. The predicted octanol–water partition coefficient (Wildman–Crippen LogP) is 5.19. The third-order valence-corrected chi connectivity index (χ3v) is 8.97. The number of alkyl halides is 3. The summed E-state index contributed by atoms with van der Waals surface area (Å²) < 4.78 is 66.5. The van der Waals surface area contributed by atoms with Crippen molar-refractivity contribution in [1.29, 1.82) is 0 Å². The van der Waals surface area contributed by atoms with E-state index in [1.807, 2.05) is 0 Å². The Morgan fingerprint density at radius 3 is 2.23 bits per heavy atom. The minimum atomic E-state index is -4.12. The number of nitrogens with zero attached hydrogens (tertiary/aromatic N) is 2. The SMILES string of the molecule is Cc1cc(S(=O)(=O)N(C)C2CCC(N3CCC(C(F)(F)F)CC3)C2)c(C)cc1Cl.Cl. The highest BCUT2D eigenvalue weighted by Crippen LogP contribution is 2.38. The lowest BCUT2D eigenvalue weighted by atomic mass is 9.95. The van der Waals surface area contributed by atoms with Crippen molar-refractivity contribution in [2.24, 2.45) is 5.92 Å². The van der Waals surface area contributed by atoms with Crippen LogP contribution in [0.25, 0.3) is 0 Å². The normalized spacial score (nSPS) is 24.3. The van der Waals surface area contributed by atoms with Crippen LogP contribution in [0, 0.1) is 19.8 Å². The second-order valence-electron chi connectivity index (χ2n) is 8.36. The van der Waals surface area contributed by atoms with E-state index in [4.69, 9.17) is 11.6 Å². The quantitative estimate of drug-likeness (QED) is 0.584. The Morgan fingerprint density at radius 2 is 1.67 bits per heavy atom. The number of rotatable bonds is 4. The Morgan fingerprint density at radius 1 is 1.07 bits per heavy atom. The van der Waals surface area contributed by atoms with Gasteiger partial charge in [-0.3, -0.25) is 0 Å². The van der Waals surface area contributed by atoms with E-state index in [1.165, 1.54) is 4.31 Å². The highest BCUT2D eigenvalue weighted by molar-refractivity contribution is 7.89. The summed E-state index contributed by atoms with van der Waals surface area (Å²) in [5.41, 5.74) is 1.32. The standard InChI is InChI=1S/C20H28ClF3N2O2S.ClH/c1-13-11-19(14(2)10-18(13)21)29(27,28)25(3)16-4-5-17(12-16)26-8-6-15(7-9-26)20(22,23)24;/h10-11,15-17H,4-9,12H2,1-3H3;1H. The van der Waals surface area contributed by atoms with Crippen molar-refractivity contribution in [3.05, 3.63) is 28.3 Å². The molecule has 2 atom stereocenters. The first-order chi connectivity index (χ1) is 13.4. The molecule has 1 saturated heterocycles. The molecule has 0 N–H and O–H groups in total. The largest absolute Gasteiger partial charge is 0.391 e. The van der Waals surface area contributed by atoms with Gasteiger partial charge in [0.15, 0.2) is 0 Å². The summed E-state index contributed by atoms with van der Waals surface area (Å²) in [6.07, 6.45) is -1.69. The third-order valence-electron chi connectivity index (χ3n) is 6.51. The van der Waals surface area contributed by atoms with Crippen molar-refractivity contribution >= 4 is 34.0 Å². The molecule has 2 aliphatic rings. The molecule has 0 radical (unpaired) electrons. The number of benzene rings is 1. The second-order valence-corrected chi connectivity index (χ2v) is 10.7. The number of sulfonamides is 1. The van der Waals surface area contributed by atoms with Gasteiger partial charge in [-0.25, -0.2) is 8.42 Å². The Kier molecular flexibility index (Phi) is 8.17. The third kappa shape index (κ3) is 5.26. The Balaban J connectivity index is 0.00000320. The zero-order valence-electron chi connectivity index (χ0n) is 17.4. The average molecular weight is 489 g/mol. The van der Waals surface area contributed by atoms with E-state index in [0.29, 0.717) is 42.1 Å². The Hall–Kier alpha value is -0.540. The van der Waals surface area contributed by atoms with Crippen LogP contribution in [0.15, 0.2) is 17.0 Å². The van der Waals surface area contributed by atoms with Crippen molar-refractivity contribution < 1.29 is 21.6 Å². The molecule has 3 rings (SSSR count). The summed E-state index contributed by atoms with van der Waals surface area (Å²) in [7, 11) is -2.07. The van der Waals surface area contributed by atoms with E-state index in [-0.39, 0.29) is 42.2 Å². The minimum Gasteiger partial charge on any atom is -0.300 e. The fourth-order valence-corrected chi connectivity index (χ4v) is 6.48. The lowest BCUT2D eigenvalue weighted by Gasteiger charge is -2.37. The van der Waals surface area contributed by atoms with Crippen LogP contribution in [0.4, 0.5) is 13.2 Å². The van der Waals surface area contributed by atoms with Crippen molar-refractivity contribution in [1.82, 2.24) is 9.21 Å². The molecule has 0 spiro atoms. The number of aryl methyl sites for hydroxylation is 2. The highest BCUT2D eigenvalue weighted by Gasteiger charge is 2.43. The van der Waals surface area contributed by atoms with E-state index in [0.717, 1.165) is 6.42 Å². The number of hydrogen-bond donors (Lipinski definition) is 0. The number of likely N-dealkylation sites (tertiary alicyclic amines) is 1. The van der Waals surface area contributed by atoms with Crippen molar-refractivity contribution in [3.63, 3.8) is 0 Å². The molecule has 1 saturated carbocycles. The molecule has 1 aliphatic carbocycles. The van der Waals surface area contributed by atoms with Gasteiger partial charge in [0.1, 0.15) is 0 Å². The summed E-state index contributed by atoms with van der Waals surface area (Å²) in [5, 5.41) is 0.535. The average Bonchev–Trinajstić information content (AvgIpc) is 3.13. The Labute approximate surface area is 188 Å². The van der Waals surface area contributed by atoms with Crippen molar-refractivity contribution in [3.8, 4) is 0 Å². The van der Waals surface area contributed by atoms with Gasteiger partial charge in [0.25, 0.3) is 0 Å². The number of piperidine rings is 1. The van der Waals surface area contributed by atoms with Crippen LogP contribution >= 0.6 is 24.0 Å². The van der Waals surface area contributed by atoms with Crippen LogP contribution in [-0.2, 0) is 10.0 Å². The first-order valence-corrected chi connectivity index (χ1v) is 11.8. The van der Waals surface area contributed by atoms with E-state index >= 15 is 0 Å². The molecule has 172 valence electrons. The molecule has 0 aromatic heterocycles. The lowest BCUT2D eigenvalue weighted by Crippen LogP contribution is -2.44. The minimum absolute atomic E-state index is 0. The summed E-state index contributed by atoms with van der Waals surface area (Å²) in [6, 6.07) is 3.26. The highest BCUT2D eigenvalue weighted by atomic mass is 35.5. The molecule has 1 aromatic carbocycles. The molecule has 30 heavy (non-hydrogen) atoms. The fourth-order valence-electron chi connectivity index (χ4n) is 4.57. The first-order valence-electron chi connectivity index (χ1n) is 9.96. The van der Waals surface area contributed by atoms with Gasteiger partial charge in [0, 0.05) is 24.2 Å². The molecule has 1 aromatic rings. The van der Waals surface area contributed by atoms with Gasteiger partial charge in [-0.15, -0.1) is 12.4 Å². The Bertz CT molecular complexity index is 856. The molecule has 1 aliphatic heterocycles. The predicted molar refractivity (Wildman–Crippen MR) is 115 cm³/mol. The van der Waals surface area contributed by atoms with Crippen LogP contribution in [0.2, 0.25) is 5.02 Å². The zero-order chi connectivity index (χ0) is 21.6. The van der Waals surface area contributed by atoms with Crippen LogP contribution in [0.5, 0.6) is 0 Å². The van der Waals surface area contributed by atoms with E-state index in [2.05, 4.69) is 4.90 Å². The van der Waals surface area contributed by atoms with Crippen LogP contribution < -0.4 is 0 Å². The van der Waals surface area contributed by atoms with E-state index < -0.39 is 22.1 Å². The summed E-state index contributed by atoms with van der Waals surface area (Å²) in [5.74, 6) is -1.21. The van der Waals surface area contributed by atoms with Gasteiger partial charge < -0.3 is 4.90 Å². The molecule has 1 heterocycles. The summed E-state index contributed by atoms with van der Waals surface area (Å²) >= 11 is 6.10. The van der Waals surface area contributed by atoms with Crippen LogP contribution in [0.1, 0.15) is 43.2 Å². The summed E-state index contributed by atoms with van der Waals surface area (Å²) in [6.45, 7) is 4.35. The second kappa shape index (κ2) is 9.53. The van der Waals surface area contributed by atoms with Gasteiger partial charge >= 0.3 is 6.18 Å². The fraction of sp³-hybridized carbons (Fsp3) is 0.700. The lowest BCUT2D eigenvalue weighted by molar-refractivity contribution is -0.186. The van der Waals surface area contributed by atoms with Gasteiger partial charge in [0.05, 0.1) is 10.8 Å². The zero-order valence-corrected chi connectivity index (χ0v) is 19.8. The van der Waals surface area contributed by atoms with Gasteiger partial charge in [-0.05, 0) is 82.3 Å². The molecular weight excluding hydrogens is 460 g/mol. The molecule has 2 unspecified atom stereocenters.